The number of hydrogen-bond donors (Lipinski definition) is 2. The van der Waals surface area contributed by atoms with Gasteiger partial charge in [-0.3, -0.25) is 14.4 Å². The summed E-state index contributed by atoms with van der Waals surface area (Å²) < 4.78 is 13.9. The summed E-state index contributed by atoms with van der Waals surface area (Å²) in [4.78, 5) is 57.5. The smallest absolute Gasteiger partial charge is 0.326 e. The first kappa shape index (κ1) is 29.0. The van der Waals surface area contributed by atoms with Crippen molar-refractivity contribution < 1.29 is 28.7 Å². The van der Waals surface area contributed by atoms with Crippen LogP contribution >= 0.6 is 0 Å². The first-order valence-corrected chi connectivity index (χ1v) is 13.7. The number of carboxylic acid groups (broad SMARTS) is 1. The van der Waals surface area contributed by atoms with Crippen LogP contribution < -0.4 is 10.2 Å². The lowest BCUT2D eigenvalue weighted by molar-refractivity contribution is -0.150. The largest absolute Gasteiger partial charge is 0.480 e. The van der Waals surface area contributed by atoms with E-state index in [4.69, 9.17) is 0 Å². The summed E-state index contributed by atoms with van der Waals surface area (Å²) in [6.07, 6.45) is 0.923. The summed E-state index contributed by atoms with van der Waals surface area (Å²) >= 11 is 0. The Labute approximate surface area is 233 Å². The molecule has 2 saturated heterocycles. The highest BCUT2D eigenvalue weighted by atomic mass is 19.1. The van der Waals surface area contributed by atoms with Crippen LogP contribution in [0.5, 0.6) is 0 Å². The molecule has 2 aromatic carbocycles. The maximum absolute atomic E-state index is 13.9. The zero-order chi connectivity index (χ0) is 29.2. The van der Waals surface area contributed by atoms with Gasteiger partial charge in [0.2, 0.25) is 5.91 Å². The van der Waals surface area contributed by atoms with E-state index in [1.807, 2.05) is 49.1 Å². The number of para-hydroxylation sites is 1. The van der Waals surface area contributed by atoms with Crippen LogP contribution in [0.4, 0.5) is 10.1 Å². The summed E-state index contributed by atoms with van der Waals surface area (Å²) in [5.74, 6) is -2.83. The van der Waals surface area contributed by atoms with Crippen LogP contribution in [-0.4, -0.2) is 76.0 Å². The number of halogens is 1. The summed E-state index contributed by atoms with van der Waals surface area (Å²) in [6.45, 7) is 7.79. The number of hydrogen-bond acceptors (Lipinski definition) is 5. The number of carboxylic acids is 1. The number of aryl methyl sites for hydroxylation is 1. The Balaban J connectivity index is 1.54. The third kappa shape index (κ3) is 5.52. The monoisotopic (exact) mass is 552 g/mol. The Hall–Kier alpha value is -3.95. The van der Waals surface area contributed by atoms with E-state index >= 15 is 0 Å². The maximum Gasteiger partial charge on any atom is 0.326 e. The molecule has 2 aliphatic rings. The van der Waals surface area contributed by atoms with Crippen molar-refractivity contribution in [3.05, 3.63) is 65.5 Å². The molecule has 2 unspecified atom stereocenters. The Morgan fingerprint density at radius 3 is 2.27 bits per heavy atom. The number of nitrogens with one attached hydrogen (secondary N) is 1. The second kappa shape index (κ2) is 11.7. The van der Waals surface area contributed by atoms with Crippen LogP contribution in [0.1, 0.15) is 56.0 Å². The lowest BCUT2D eigenvalue weighted by Gasteiger charge is -2.44. The number of likely N-dealkylation sites (tertiary alicyclic amines) is 1. The van der Waals surface area contributed by atoms with E-state index in [2.05, 4.69) is 5.32 Å². The lowest BCUT2D eigenvalue weighted by Crippen LogP contribution is -2.60. The van der Waals surface area contributed by atoms with E-state index < -0.39 is 35.3 Å². The highest BCUT2D eigenvalue weighted by molar-refractivity contribution is 5.98. The predicted octanol–water partition coefficient (Wildman–Crippen LogP) is 3.42. The topological polar surface area (TPSA) is 110 Å². The van der Waals surface area contributed by atoms with Crippen molar-refractivity contribution in [1.82, 2.24) is 15.1 Å². The van der Waals surface area contributed by atoms with E-state index in [-0.39, 0.29) is 49.5 Å². The van der Waals surface area contributed by atoms with E-state index in [0.29, 0.717) is 18.4 Å². The average Bonchev–Trinajstić information content (AvgIpc) is 3.18. The van der Waals surface area contributed by atoms with Crippen LogP contribution in [0, 0.1) is 18.7 Å². The number of benzene rings is 2. The maximum atomic E-state index is 13.9. The van der Waals surface area contributed by atoms with Crippen LogP contribution in [0.3, 0.4) is 0 Å². The van der Waals surface area contributed by atoms with E-state index in [9.17, 15) is 28.7 Å². The second-order valence-corrected chi connectivity index (χ2v) is 11.0. The molecule has 2 aliphatic heterocycles. The lowest BCUT2D eigenvalue weighted by atomic mass is 9.84. The fourth-order valence-electron chi connectivity index (χ4n) is 5.82. The van der Waals surface area contributed by atoms with E-state index in [1.54, 1.807) is 24.8 Å². The van der Waals surface area contributed by atoms with Gasteiger partial charge in [-0.25, -0.2) is 9.18 Å². The molecule has 0 saturated carbocycles. The Kier molecular flexibility index (Phi) is 8.46. The number of nitrogens with zero attached hydrogens (tertiary/aromatic N) is 3. The summed E-state index contributed by atoms with van der Waals surface area (Å²) in [5, 5.41) is 12.6. The van der Waals surface area contributed by atoms with Gasteiger partial charge < -0.3 is 25.1 Å². The van der Waals surface area contributed by atoms with E-state index in [1.165, 1.54) is 11.0 Å². The van der Waals surface area contributed by atoms with Crippen LogP contribution in [0.2, 0.25) is 0 Å². The average molecular weight is 553 g/mol. The van der Waals surface area contributed by atoms with Gasteiger partial charge in [0.15, 0.2) is 0 Å². The highest BCUT2D eigenvalue weighted by Crippen LogP contribution is 2.40. The van der Waals surface area contributed by atoms with Crippen molar-refractivity contribution in [1.29, 1.82) is 0 Å². The highest BCUT2D eigenvalue weighted by Gasteiger charge is 2.56. The molecule has 2 fully saturated rings. The van der Waals surface area contributed by atoms with Crippen LogP contribution in [0.15, 0.2) is 48.5 Å². The van der Waals surface area contributed by atoms with Crippen LogP contribution in [0.25, 0.3) is 0 Å². The second-order valence-electron chi connectivity index (χ2n) is 11.0. The number of carbonyl (C=O) groups is 4. The van der Waals surface area contributed by atoms with Gasteiger partial charge in [-0.05, 0) is 68.0 Å². The standard InChI is InChI=1S/C30H37FN4O5/c1-5-24(28(38)39)34-18-35(23-9-7-6-8-10-23)30(29(34)40)11-13-33(14-12-30)27(37)25(19(2)3)32-26(36)21-15-20(4)16-22(31)17-21/h6-10,15-17,19,24-25H,5,11-14,18H2,1-4H3,(H,32,36)(H,38,39). The predicted molar refractivity (Wildman–Crippen MR) is 148 cm³/mol. The molecular weight excluding hydrogens is 515 g/mol. The molecule has 0 aliphatic carbocycles. The van der Waals surface area contributed by atoms with Gasteiger partial charge in [-0.1, -0.05) is 39.0 Å². The number of rotatable bonds is 8. The van der Waals surface area contributed by atoms with Gasteiger partial charge in [-0.2, -0.15) is 0 Å². The normalized spacial score (nSPS) is 18.2. The molecule has 2 aromatic rings. The molecule has 2 atom stereocenters. The van der Waals surface area contributed by atoms with Gasteiger partial charge >= 0.3 is 5.97 Å². The summed E-state index contributed by atoms with van der Waals surface area (Å²) in [5.41, 5.74) is 0.588. The molecule has 2 N–H and O–H groups in total. The van der Waals surface area contributed by atoms with Crippen molar-refractivity contribution in [2.45, 2.75) is 64.6 Å². The molecule has 0 radical (unpaired) electrons. The number of anilines is 1. The Morgan fingerprint density at radius 1 is 1.07 bits per heavy atom. The van der Waals surface area contributed by atoms with Gasteiger partial charge in [0, 0.05) is 24.3 Å². The van der Waals surface area contributed by atoms with Crippen molar-refractivity contribution in [2.24, 2.45) is 5.92 Å². The number of piperidine rings is 1. The molecule has 2 heterocycles. The molecule has 0 aromatic heterocycles. The van der Waals surface area contributed by atoms with Gasteiger partial charge in [0.1, 0.15) is 23.4 Å². The van der Waals surface area contributed by atoms with Crippen LogP contribution in [-0.2, 0) is 14.4 Å². The molecule has 0 bridgehead atoms. The number of carbonyl (C=O) groups excluding carboxylic acids is 3. The SMILES string of the molecule is CCC(C(=O)O)N1CN(c2ccccc2)C2(CCN(C(=O)C(NC(=O)c3cc(C)cc(F)c3)C(C)C)CC2)C1=O. The number of aliphatic carboxylic acids is 1. The first-order valence-electron chi connectivity index (χ1n) is 13.7. The Bertz CT molecular complexity index is 1260. The van der Waals surface area contributed by atoms with Crippen molar-refractivity contribution in [2.75, 3.05) is 24.7 Å². The molecule has 9 nitrogen and oxygen atoms in total. The molecular formula is C30H37FN4O5. The van der Waals surface area contributed by atoms with Gasteiger partial charge in [-0.15, -0.1) is 0 Å². The molecule has 3 amide bonds. The minimum Gasteiger partial charge on any atom is -0.480 e. The van der Waals surface area contributed by atoms with E-state index in [0.717, 1.165) is 11.8 Å². The number of amides is 3. The van der Waals surface area contributed by atoms with Gasteiger partial charge in [0.25, 0.3) is 11.8 Å². The van der Waals surface area contributed by atoms with Gasteiger partial charge in [0.05, 0.1) is 6.67 Å². The third-order valence-corrected chi connectivity index (χ3v) is 8.01. The third-order valence-electron chi connectivity index (χ3n) is 8.01. The van der Waals surface area contributed by atoms with Crippen molar-refractivity contribution in [3.63, 3.8) is 0 Å². The zero-order valence-corrected chi connectivity index (χ0v) is 23.4. The zero-order valence-electron chi connectivity index (χ0n) is 23.4. The first-order chi connectivity index (χ1) is 19.0. The fourth-order valence-corrected chi connectivity index (χ4v) is 5.82. The minimum absolute atomic E-state index is 0.146. The minimum atomic E-state index is -1.04. The van der Waals surface area contributed by atoms with Crippen molar-refractivity contribution in [3.8, 4) is 0 Å². The molecule has 10 heteroatoms. The van der Waals surface area contributed by atoms with Crippen molar-refractivity contribution >= 4 is 29.4 Å². The molecule has 214 valence electrons. The summed E-state index contributed by atoms with van der Waals surface area (Å²) in [7, 11) is 0. The Morgan fingerprint density at radius 2 is 1.73 bits per heavy atom. The summed E-state index contributed by atoms with van der Waals surface area (Å²) in [6, 6.07) is 11.7. The molecule has 4 rings (SSSR count). The quantitative estimate of drug-likeness (QED) is 0.520. The fraction of sp³-hybridized carbons (Fsp3) is 0.467. The molecule has 40 heavy (non-hydrogen) atoms. The molecule has 1 spiro atoms.